The number of Topliss-reactive ketones (excluding diaryl/α,β-unsaturated/α-hetero) is 2. The normalized spacial score (nSPS) is 49.3. The zero-order valence-corrected chi connectivity index (χ0v) is 14.2. The molecule has 0 bridgehead atoms. The number of fused-ring (bicyclic) bond motifs is 5. The van der Waals surface area contributed by atoms with E-state index in [1.165, 1.54) is 19.3 Å². The third-order valence-electron chi connectivity index (χ3n) is 8.26. The molecule has 6 atom stereocenters. The van der Waals surface area contributed by atoms with Gasteiger partial charge in [0.15, 0.2) is 0 Å². The Balaban J connectivity index is 1.71. The van der Waals surface area contributed by atoms with Crippen molar-refractivity contribution in [3.8, 4) is 0 Å². The van der Waals surface area contributed by atoms with E-state index in [9.17, 15) is 14.4 Å². The van der Waals surface area contributed by atoms with Crippen LogP contribution in [0.15, 0.2) is 0 Å². The molecule has 0 heterocycles. The lowest BCUT2D eigenvalue weighted by Gasteiger charge is -2.59. The molecule has 0 aromatic heterocycles. The van der Waals surface area contributed by atoms with Gasteiger partial charge in [0.25, 0.3) is 0 Å². The zero-order chi connectivity index (χ0) is 16.2. The Bertz CT molecular complexity index is 553. The molecule has 1 unspecified atom stereocenters. The summed E-state index contributed by atoms with van der Waals surface area (Å²) in [5, 5.41) is 0. The van der Waals surface area contributed by atoms with Gasteiger partial charge in [0.05, 0.1) is 0 Å². The van der Waals surface area contributed by atoms with E-state index in [4.69, 9.17) is 0 Å². The van der Waals surface area contributed by atoms with Gasteiger partial charge in [-0.1, -0.05) is 19.8 Å². The number of carbonyl (C=O) groups excluding carboxylic acids is 3. The van der Waals surface area contributed by atoms with E-state index in [1.807, 2.05) is 0 Å². The average molecular weight is 316 g/mol. The molecule has 0 spiro atoms. The fraction of sp³-hybridized carbons (Fsp3) is 0.850. The highest BCUT2D eigenvalue weighted by molar-refractivity contribution is 5.90. The Morgan fingerprint density at radius 1 is 1.09 bits per heavy atom. The maximum Gasteiger partial charge on any atom is 0.139 e. The lowest BCUT2D eigenvalue weighted by Crippen LogP contribution is -2.56. The van der Waals surface area contributed by atoms with Gasteiger partial charge in [-0.05, 0) is 55.3 Å². The molecular formula is C20H28O3. The van der Waals surface area contributed by atoms with Crippen molar-refractivity contribution in [3.63, 3.8) is 0 Å². The summed E-state index contributed by atoms with van der Waals surface area (Å²) in [5.74, 6) is 2.23. The van der Waals surface area contributed by atoms with Crippen molar-refractivity contribution in [2.24, 2.45) is 34.5 Å². The van der Waals surface area contributed by atoms with Crippen LogP contribution in [0, 0.1) is 34.5 Å². The summed E-state index contributed by atoms with van der Waals surface area (Å²) in [7, 11) is 0. The van der Waals surface area contributed by atoms with Gasteiger partial charge in [0, 0.05) is 30.6 Å². The summed E-state index contributed by atoms with van der Waals surface area (Å²) in [6, 6.07) is 0. The van der Waals surface area contributed by atoms with Crippen LogP contribution in [0.4, 0.5) is 0 Å². The summed E-state index contributed by atoms with van der Waals surface area (Å²) in [5.41, 5.74) is -0.266. The minimum atomic E-state index is -0.416. The number of rotatable bonds is 2. The molecule has 0 amide bonds. The van der Waals surface area contributed by atoms with Gasteiger partial charge in [-0.3, -0.25) is 9.59 Å². The van der Waals surface area contributed by atoms with Gasteiger partial charge in [-0.25, -0.2) is 0 Å². The lowest BCUT2D eigenvalue weighted by atomic mass is 9.44. The summed E-state index contributed by atoms with van der Waals surface area (Å²) in [6.07, 6.45) is 10.1. The van der Waals surface area contributed by atoms with Crippen LogP contribution in [0.2, 0.25) is 0 Å². The highest BCUT2D eigenvalue weighted by atomic mass is 16.1. The van der Waals surface area contributed by atoms with Crippen LogP contribution in [0.5, 0.6) is 0 Å². The molecule has 0 aromatic carbocycles. The van der Waals surface area contributed by atoms with E-state index < -0.39 is 5.41 Å². The number of ketones is 2. The molecule has 4 rings (SSSR count). The van der Waals surface area contributed by atoms with E-state index in [0.29, 0.717) is 42.7 Å². The molecule has 3 heteroatoms. The fourth-order valence-corrected chi connectivity index (χ4v) is 7.20. The zero-order valence-electron chi connectivity index (χ0n) is 14.2. The largest absolute Gasteiger partial charge is 0.303 e. The molecule has 4 saturated carbocycles. The minimum Gasteiger partial charge on any atom is -0.303 e. The predicted molar refractivity (Wildman–Crippen MR) is 86.7 cm³/mol. The first-order valence-corrected chi connectivity index (χ1v) is 9.52. The van der Waals surface area contributed by atoms with E-state index in [2.05, 4.69) is 6.92 Å². The van der Waals surface area contributed by atoms with Crippen LogP contribution < -0.4 is 0 Å². The monoisotopic (exact) mass is 316 g/mol. The second-order valence-corrected chi connectivity index (χ2v) is 8.88. The molecule has 0 N–H and O–H groups in total. The van der Waals surface area contributed by atoms with Crippen LogP contribution in [-0.2, 0) is 14.4 Å². The summed E-state index contributed by atoms with van der Waals surface area (Å²) in [6.45, 7) is 2.36. The molecule has 0 aromatic rings. The summed E-state index contributed by atoms with van der Waals surface area (Å²) >= 11 is 0. The van der Waals surface area contributed by atoms with Gasteiger partial charge in [0.2, 0.25) is 0 Å². The van der Waals surface area contributed by atoms with Crippen LogP contribution >= 0.6 is 0 Å². The molecule has 4 aliphatic carbocycles. The van der Waals surface area contributed by atoms with Crippen molar-refractivity contribution < 1.29 is 14.4 Å². The summed E-state index contributed by atoms with van der Waals surface area (Å²) < 4.78 is 0. The fourth-order valence-electron chi connectivity index (χ4n) is 7.20. The van der Waals surface area contributed by atoms with Gasteiger partial charge in [0.1, 0.15) is 17.9 Å². The number of hydrogen-bond acceptors (Lipinski definition) is 3. The van der Waals surface area contributed by atoms with Crippen molar-refractivity contribution in [1.29, 1.82) is 0 Å². The number of hydrogen-bond donors (Lipinski definition) is 0. The maximum atomic E-state index is 12.9. The number of aldehydes is 1. The molecule has 0 saturated heterocycles. The van der Waals surface area contributed by atoms with E-state index >= 15 is 0 Å². The average Bonchev–Trinajstić information content (AvgIpc) is 2.85. The second-order valence-electron chi connectivity index (χ2n) is 8.88. The Labute approximate surface area is 138 Å². The highest BCUT2D eigenvalue weighted by Gasteiger charge is 2.62. The van der Waals surface area contributed by atoms with Crippen molar-refractivity contribution in [3.05, 3.63) is 0 Å². The Kier molecular flexibility index (Phi) is 3.55. The Morgan fingerprint density at radius 3 is 2.70 bits per heavy atom. The van der Waals surface area contributed by atoms with Gasteiger partial charge >= 0.3 is 0 Å². The van der Waals surface area contributed by atoms with Crippen LogP contribution in [-0.4, -0.2) is 17.9 Å². The quantitative estimate of drug-likeness (QED) is 0.729. The van der Waals surface area contributed by atoms with Crippen molar-refractivity contribution in [1.82, 2.24) is 0 Å². The van der Waals surface area contributed by atoms with Crippen molar-refractivity contribution in [2.75, 3.05) is 0 Å². The second kappa shape index (κ2) is 5.26. The van der Waals surface area contributed by atoms with Crippen molar-refractivity contribution in [2.45, 2.75) is 71.1 Å². The first kappa shape index (κ1) is 15.5. The molecule has 0 aliphatic heterocycles. The van der Waals surface area contributed by atoms with E-state index in [0.717, 1.165) is 32.0 Å². The standard InChI is InChI=1S/C20H28O3/c1-19-8-3-2-4-16(19)17(22)12-13-14(19)7-9-20(10-11-21)15(13)5-6-18(20)23/h11,13-16H,2-10,12H2,1H3/t13-,14+,15+,16?,19-,20-/m1/s1. The highest BCUT2D eigenvalue weighted by Crippen LogP contribution is 2.65. The van der Waals surface area contributed by atoms with Crippen LogP contribution in [0.25, 0.3) is 0 Å². The molecule has 4 aliphatic rings. The van der Waals surface area contributed by atoms with Crippen LogP contribution in [0.3, 0.4) is 0 Å². The first-order valence-electron chi connectivity index (χ1n) is 9.52. The topological polar surface area (TPSA) is 51.2 Å². The molecule has 0 radical (unpaired) electrons. The molecule has 3 nitrogen and oxygen atoms in total. The SMILES string of the molecule is C[C@]12CCCCC1C(=O)C[C@H]1[C@@H]3CCC(=O)[C@@]3(CC=O)CC[C@@H]12. The lowest BCUT2D eigenvalue weighted by molar-refractivity contribution is -0.157. The smallest absolute Gasteiger partial charge is 0.139 e. The third kappa shape index (κ3) is 1.97. The Hall–Kier alpha value is -0.990. The molecule has 23 heavy (non-hydrogen) atoms. The molecule has 126 valence electrons. The molecule has 4 fully saturated rings. The van der Waals surface area contributed by atoms with Gasteiger partial charge in [-0.15, -0.1) is 0 Å². The summed E-state index contributed by atoms with van der Waals surface area (Å²) in [4.78, 5) is 36.7. The predicted octanol–water partition coefficient (Wildman–Crippen LogP) is 3.74. The third-order valence-corrected chi connectivity index (χ3v) is 8.26. The van der Waals surface area contributed by atoms with Gasteiger partial charge < -0.3 is 4.79 Å². The maximum absolute atomic E-state index is 12.9. The van der Waals surface area contributed by atoms with Gasteiger partial charge in [-0.2, -0.15) is 0 Å². The minimum absolute atomic E-state index is 0.150. The Morgan fingerprint density at radius 2 is 1.91 bits per heavy atom. The molecular weight excluding hydrogens is 288 g/mol. The first-order chi connectivity index (χ1) is 11.0. The number of carbonyl (C=O) groups is 3. The van der Waals surface area contributed by atoms with Crippen LogP contribution in [0.1, 0.15) is 71.1 Å². The van der Waals surface area contributed by atoms with E-state index in [1.54, 1.807) is 0 Å². The van der Waals surface area contributed by atoms with E-state index in [-0.39, 0.29) is 17.3 Å². The van der Waals surface area contributed by atoms with Crippen molar-refractivity contribution >= 4 is 17.9 Å².